The number of carbonyl (C=O) groups is 3. The second-order valence-electron chi connectivity index (χ2n) is 4.25. The number of amides is 2. The van der Waals surface area contributed by atoms with Crippen molar-refractivity contribution in [1.29, 1.82) is 0 Å². The van der Waals surface area contributed by atoms with E-state index in [0.717, 1.165) is 4.90 Å². The molecule has 1 aliphatic heterocycles. The molecule has 20 heavy (non-hydrogen) atoms. The number of hydrogen-bond acceptors (Lipinski definition) is 5. The summed E-state index contributed by atoms with van der Waals surface area (Å²) >= 11 is 0. The number of aromatic nitrogens is 2. The van der Waals surface area contributed by atoms with E-state index in [0.29, 0.717) is 11.4 Å². The standard InChI is InChI=1S/C11H14N4O5/c1-20-9(16)3-12-11(19)15-4-7-6(13-5-14-7)2-8(15)10(17)18/h5,8H,2-4H2,1H3,(H,12,19)(H,13,14)(H,17,18). The Labute approximate surface area is 113 Å². The number of aliphatic carboxylic acids is 1. The van der Waals surface area contributed by atoms with Crippen molar-refractivity contribution in [3.63, 3.8) is 0 Å². The van der Waals surface area contributed by atoms with E-state index in [2.05, 4.69) is 20.0 Å². The van der Waals surface area contributed by atoms with Gasteiger partial charge in [0.15, 0.2) is 0 Å². The number of carboxylic acid groups (broad SMARTS) is 1. The minimum atomic E-state index is -1.12. The molecule has 0 bridgehead atoms. The van der Waals surface area contributed by atoms with Crippen LogP contribution in [0.5, 0.6) is 0 Å². The van der Waals surface area contributed by atoms with E-state index in [1.165, 1.54) is 13.4 Å². The summed E-state index contributed by atoms with van der Waals surface area (Å²) in [6, 6.07) is -1.65. The molecule has 9 nitrogen and oxygen atoms in total. The number of nitrogens with one attached hydrogen (secondary N) is 2. The van der Waals surface area contributed by atoms with Crippen LogP contribution >= 0.6 is 0 Å². The molecular weight excluding hydrogens is 268 g/mol. The lowest BCUT2D eigenvalue weighted by Gasteiger charge is -2.32. The van der Waals surface area contributed by atoms with Crippen molar-refractivity contribution in [1.82, 2.24) is 20.2 Å². The van der Waals surface area contributed by atoms with Crippen LogP contribution in [0.3, 0.4) is 0 Å². The zero-order valence-electron chi connectivity index (χ0n) is 10.8. The second kappa shape index (κ2) is 5.59. The highest BCUT2D eigenvalue weighted by atomic mass is 16.5. The van der Waals surface area contributed by atoms with E-state index in [-0.39, 0.29) is 19.5 Å². The third-order valence-corrected chi connectivity index (χ3v) is 3.06. The highest BCUT2D eigenvalue weighted by Crippen LogP contribution is 2.20. The molecule has 0 aromatic carbocycles. The first-order chi connectivity index (χ1) is 9.52. The van der Waals surface area contributed by atoms with E-state index < -0.39 is 24.0 Å². The normalized spacial score (nSPS) is 17.2. The van der Waals surface area contributed by atoms with E-state index in [1.807, 2.05) is 0 Å². The molecule has 108 valence electrons. The van der Waals surface area contributed by atoms with Crippen LogP contribution in [0.25, 0.3) is 0 Å². The predicted molar refractivity (Wildman–Crippen MR) is 64.7 cm³/mol. The smallest absolute Gasteiger partial charge is 0.326 e. The monoisotopic (exact) mass is 282 g/mol. The number of carboxylic acids is 1. The molecule has 0 radical (unpaired) electrons. The Morgan fingerprint density at radius 1 is 1.60 bits per heavy atom. The summed E-state index contributed by atoms with van der Waals surface area (Å²) in [4.78, 5) is 42.2. The van der Waals surface area contributed by atoms with Gasteiger partial charge in [0.05, 0.1) is 31.4 Å². The highest BCUT2D eigenvalue weighted by Gasteiger charge is 2.36. The van der Waals surface area contributed by atoms with Gasteiger partial charge in [0, 0.05) is 6.42 Å². The lowest BCUT2D eigenvalue weighted by Crippen LogP contribution is -2.53. The van der Waals surface area contributed by atoms with Gasteiger partial charge in [-0.05, 0) is 0 Å². The number of esters is 1. The molecule has 9 heteroatoms. The zero-order chi connectivity index (χ0) is 14.7. The maximum atomic E-state index is 12.0. The lowest BCUT2D eigenvalue weighted by molar-refractivity contribution is -0.142. The Morgan fingerprint density at radius 3 is 3.00 bits per heavy atom. The summed E-state index contributed by atoms with van der Waals surface area (Å²) < 4.78 is 4.40. The van der Waals surface area contributed by atoms with Crippen LogP contribution in [0.4, 0.5) is 4.79 Å². The summed E-state index contributed by atoms with van der Waals surface area (Å²) in [6.07, 6.45) is 1.58. The van der Waals surface area contributed by atoms with Gasteiger partial charge in [-0.25, -0.2) is 14.6 Å². The molecule has 1 atom stereocenters. The number of carbonyl (C=O) groups excluding carboxylic acids is 2. The van der Waals surface area contributed by atoms with Crippen LogP contribution in [0.15, 0.2) is 6.33 Å². The van der Waals surface area contributed by atoms with Gasteiger partial charge in [0.1, 0.15) is 12.6 Å². The highest BCUT2D eigenvalue weighted by molar-refractivity contribution is 5.85. The molecule has 2 heterocycles. The molecule has 2 rings (SSSR count). The van der Waals surface area contributed by atoms with Crippen LogP contribution in [0, 0.1) is 0 Å². The Morgan fingerprint density at radius 2 is 2.35 bits per heavy atom. The van der Waals surface area contributed by atoms with Crippen molar-refractivity contribution in [3.8, 4) is 0 Å². The van der Waals surface area contributed by atoms with Crippen molar-refractivity contribution in [3.05, 3.63) is 17.7 Å². The molecule has 2 amide bonds. The maximum Gasteiger partial charge on any atom is 0.326 e. The average Bonchev–Trinajstić information content (AvgIpc) is 2.89. The van der Waals surface area contributed by atoms with Crippen LogP contribution < -0.4 is 5.32 Å². The predicted octanol–water partition coefficient (Wildman–Crippen LogP) is -0.896. The van der Waals surface area contributed by atoms with Crippen LogP contribution in [0.2, 0.25) is 0 Å². The summed E-state index contributed by atoms with van der Waals surface area (Å²) in [5.41, 5.74) is 1.32. The van der Waals surface area contributed by atoms with Crippen molar-refractivity contribution in [2.24, 2.45) is 0 Å². The molecule has 1 aliphatic rings. The number of aromatic amines is 1. The first-order valence-corrected chi connectivity index (χ1v) is 5.88. The average molecular weight is 282 g/mol. The molecule has 0 aliphatic carbocycles. The quantitative estimate of drug-likeness (QED) is 0.617. The summed E-state index contributed by atoms with van der Waals surface area (Å²) in [6.45, 7) is -0.215. The first-order valence-electron chi connectivity index (χ1n) is 5.88. The fraction of sp³-hybridized carbons (Fsp3) is 0.455. The molecule has 1 aromatic rings. The molecule has 3 N–H and O–H groups in total. The van der Waals surface area contributed by atoms with Crippen molar-refractivity contribution < 1.29 is 24.2 Å². The summed E-state index contributed by atoms with van der Waals surface area (Å²) in [7, 11) is 1.20. The maximum absolute atomic E-state index is 12.0. The number of urea groups is 1. The molecule has 0 saturated carbocycles. The number of imidazole rings is 1. The van der Waals surface area contributed by atoms with Crippen molar-refractivity contribution in [2.75, 3.05) is 13.7 Å². The van der Waals surface area contributed by atoms with E-state index in [1.54, 1.807) is 0 Å². The van der Waals surface area contributed by atoms with Gasteiger partial charge in [-0.15, -0.1) is 0 Å². The third kappa shape index (κ3) is 2.71. The van der Waals surface area contributed by atoms with Gasteiger partial charge in [-0.3, -0.25) is 4.79 Å². The van der Waals surface area contributed by atoms with Crippen LogP contribution in [0.1, 0.15) is 11.4 Å². The molecule has 0 saturated heterocycles. The summed E-state index contributed by atoms with van der Waals surface area (Å²) in [5, 5.41) is 11.5. The molecular formula is C11H14N4O5. The number of hydrogen-bond donors (Lipinski definition) is 3. The van der Waals surface area contributed by atoms with E-state index in [4.69, 9.17) is 0 Å². The topological polar surface area (TPSA) is 125 Å². The number of ether oxygens (including phenoxy) is 1. The van der Waals surface area contributed by atoms with E-state index in [9.17, 15) is 19.5 Å². The zero-order valence-corrected chi connectivity index (χ0v) is 10.8. The second-order valence-corrected chi connectivity index (χ2v) is 4.25. The fourth-order valence-corrected chi connectivity index (χ4v) is 1.99. The number of rotatable bonds is 3. The van der Waals surface area contributed by atoms with Gasteiger partial charge in [-0.1, -0.05) is 0 Å². The molecule has 1 aromatic heterocycles. The fourth-order valence-electron chi connectivity index (χ4n) is 1.99. The minimum absolute atomic E-state index is 0.0965. The van der Waals surface area contributed by atoms with Gasteiger partial charge in [0.2, 0.25) is 0 Å². The minimum Gasteiger partial charge on any atom is -0.480 e. The van der Waals surface area contributed by atoms with Gasteiger partial charge >= 0.3 is 18.0 Å². The molecule has 1 unspecified atom stereocenters. The third-order valence-electron chi connectivity index (χ3n) is 3.06. The molecule has 0 spiro atoms. The Hall–Kier alpha value is -2.58. The van der Waals surface area contributed by atoms with Crippen molar-refractivity contribution in [2.45, 2.75) is 19.0 Å². The number of nitrogens with zero attached hydrogens (tertiary/aromatic N) is 2. The van der Waals surface area contributed by atoms with Crippen LogP contribution in [-0.4, -0.2) is 57.6 Å². The van der Waals surface area contributed by atoms with Gasteiger partial charge in [0.25, 0.3) is 0 Å². The first kappa shape index (κ1) is 13.8. The number of methoxy groups -OCH3 is 1. The Balaban J connectivity index is 2.10. The number of fused-ring (bicyclic) bond motifs is 1. The van der Waals surface area contributed by atoms with E-state index >= 15 is 0 Å². The Bertz CT molecular complexity index is 541. The number of H-pyrrole nitrogens is 1. The van der Waals surface area contributed by atoms with Gasteiger partial charge in [-0.2, -0.15) is 0 Å². The Kier molecular flexibility index (Phi) is 3.87. The SMILES string of the molecule is COC(=O)CNC(=O)N1Cc2[nH]cnc2CC1C(=O)O. The lowest BCUT2D eigenvalue weighted by atomic mass is 10.0. The summed E-state index contributed by atoms with van der Waals surface area (Å²) in [5.74, 6) is -1.73. The van der Waals surface area contributed by atoms with Crippen LogP contribution in [-0.2, 0) is 27.3 Å². The molecule has 0 fully saturated rings. The van der Waals surface area contributed by atoms with Gasteiger partial charge < -0.3 is 25.0 Å². The largest absolute Gasteiger partial charge is 0.480 e. The van der Waals surface area contributed by atoms with Crippen molar-refractivity contribution >= 4 is 18.0 Å².